The van der Waals surface area contributed by atoms with E-state index in [0.29, 0.717) is 22.4 Å². The molecule has 1 N–H and O–H groups in total. The third-order valence-corrected chi connectivity index (χ3v) is 6.45. The van der Waals surface area contributed by atoms with Crippen molar-refractivity contribution in [1.29, 1.82) is 0 Å². The molecule has 0 amide bonds. The van der Waals surface area contributed by atoms with E-state index in [9.17, 15) is 4.39 Å². The van der Waals surface area contributed by atoms with E-state index < -0.39 is 12.1 Å². The van der Waals surface area contributed by atoms with Crippen LogP contribution in [0.5, 0.6) is 5.75 Å². The Morgan fingerprint density at radius 3 is 2.52 bits per heavy atom. The van der Waals surface area contributed by atoms with E-state index in [1.54, 1.807) is 35.0 Å². The summed E-state index contributed by atoms with van der Waals surface area (Å²) in [4.78, 5) is 4.62. The predicted molar refractivity (Wildman–Crippen MR) is 123 cm³/mol. The lowest BCUT2D eigenvalue weighted by atomic mass is 9.84. The van der Waals surface area contributed by atoms with Gasteiger partial charge in [-0.3, -0.25) is 0 Å². The Morgan fingerprint density at radius 1 is 0.970 bits per heavy atom. The highest BCUT2D eigenvalue weighted by atomic mass is 32.2. The van der Waals surface area contributed by atoms with Gasteiger partial charge in [-0.15, -0.1) is 5.10 Å². The number of benzene rings is 3. The summed E-state index contributed by atoms with van der Waals surface area (Å²) in [6, 6.07) is 20.0. The highest BCUT2D eigenvalue weighted by Gasteiger charge is 2.42. The molecule has 0 aliphatic carbocycles. The van der Waals surface area contributed by atoms with Gasteiger partial charge in [0.1, 0.15) is 23.4 Å². The van der Waals surface area contributed by atoms with Crippen molar-refractivity contribution >= 4 is 23.4 Å². The second kappa shape index (κ2) is 7.74. The number of fused-ring (bicyclic) bond motifs is 3. The second-order valence-corrected chi connectivity index (χ2v) is 8.57. The van der Waals surface area contributed by atoms with E-state index in [-0.39, 0.29) is 11.6 Å². The van der Waals surface area contributed by atoms with E-state index in [2.05, 4.69) is 15.4 Å². The Hall–Kier alpha value is -3.65. The number of hydrogen-bond donors (Lipinski definition) is 1. The van der Waals surface area contributed by atoms with Gasteiger partial charge >= 0.3 is 0 Å². The van der Waals surface area contributed by atoms with Gasteiger partial charge in [-0.05, 0) is 42.2 Å². The van der Waals surface area contributed by atoms with E-state index in [1.807, 2.05) is 30.5 Å². The molecule has 3 heterocycles. The molecule has 33 heavy (non-hydrogen) atoms. The third-order valence-electron chi connectivity index (χ3n) is 5.92. The number of nitrogens with one attached hydrogen (secondary N) is 1. The average Bonchev–Trinajstić information content (AvgIpc) is 3.26. The van der Waals surface area contributed by atoms with Crippen LogP contribution in [-0.2, 0) is 0 Å². The second-order valence-electron chi connectivity index (χ2n) is 7.79. The van der Waals surface area contributed by atoms with Crippen LogP contribution in [0.1, 0.15) is 28.8 Å². The van der Waals surface area contributed by atoms with Gasteiger partial charge in [-0.25, -0.2) is 13.5 Å². The van der Waals surface area contributed by atoms with Crippen LogP contribution in [0.2, 0.25) is 0 Å². The van der Waals surface area contributed by atoms with Crippen LogP contribution < -0.4 is 10.1 Å². The zero-order valence-corrected chi connectivity index (χ0v) is 18.3. The summed E-state index contributed by atoms with van der Waals surface area (Å²) in [6.07, 6.45) is 1.19. The molecule has 0 radical (unpaired) electrons. The first-order valence-corrected chi connectivity index (χ1v) is 11.6. The summed E-state index contributed by atoms with van der Waals surface area (Å²) in [5.41, 5.74) is 3.66. The summed E-state index contributed by atoms with van der Waals surface area (Å²) < 4.78 is 37.0. The predicted octanol–water partition coefficient (Wildman–Crippen LogP) is 5.84. The van der Waals surface area contributed by atoms with Crippen LogP contribution in [0.15, 0.2) is 83.5 Å². The highest BCUT2D eigenvalue weighted by Crippen LogP contribution is 2.51. The Bertz CT molecular complexity index is 1400. The van der Waals surface area contributed by atoms with Crippen molar-refractivity contribution in [3.63, 3.8) is 0 Å². The van der Waals surface area contributed by atoms with E-state index >= 15 is 4.39 Å². The number of nitrogens with zero attached hydrogens (tertiary/aromatic N) is 3. The van der Waals surface area contributed by atoms with Gasteiger partial charge in [0, 0.05) is 16.7 Å². The van der Waals surface area contributed by atoms with E-state index in [1.165, 1.54) is 30.0 Å². The van der Waals surface area contributed by atoms with Gasteiger partial charge in [0.25, 0.3) is 0 Å². The lowest BCUT2D eigenvalue weighted by Crippen LogP contribution is -2.32. The molecule has 3 aromatic carbocycles. The van der Waals surface area contributed by atoms with Crippen LogP contribution in [-0.4, -0.2) is 21.0 Å². The van der Waals surface area contributed by atoms with Gasteiger partial charge in [-0.2, -0.15) is 4.98 Å². The quantitative estimate of drug-likeness (QED) is 0.390. The smallest absolute Gasteiger partial charge is 0.227 e. The lowest BCUT2D eigenvalue weighted by molar-refractivity contribution is 0.218. The van der Waals surface area contributed by atoms with Crippen molar-refractivity contribution in [3.8, 4) is 5.75 Å². The van der Waals surface area contributed by atoms with E-state index in [0.717, 1.165) is 22.4 Å². The van der Waals surface area contributed by atoms with Gasteiger partial charge < -0.3 is 10.1 Å². The maximum atomic E-state index is 15.0. The molecule has 164 valence electrons. The maximum Gasteiger partial charge on any atom is 0.227 e. The number of ether oxygens (including phenoxy) is 1. The topological polar surface area (TPSA) is 52.0 Å². The molecule has 0 spiro atoms. The molecule has 0 fully saturated rings. The van der Waals surface area contributed by atoms with Crippen molar-refractivity contribution < 1.29 is 13.5 Å². The van der Waals surface area contributed by atoms with Crippen LogP contribution in [0, 0.1) is 11.6 Å². The fourth-order valence-corrected chi connectivity index (χ4v) is 4.80. The number of thioether (sulfide) groups is 1. The fraction of sp³-hybridized carbons (Fsp3) is 0.120. The SMILES string of the molecule is CSc1nc2n(n1)[C@@H](c1ccc(F)cc1)C1=C(N2)c2ccccc2O[C@@H]1c1ccccc1F. The summed E-state index contributed by atoms with van der Waals surface area (Å²) in [6.45, 7) is 0. The Labute approximate surface area is 193 Å². The minimum Gasteiger partial charge on any atom is -0.480 e. The maximum absolute atomic E-state index is 15.0. The zero-order chi connectivity index (χ0) is 22.5. The number of anilines is 1. The standard InChI is InChI=1S/C25H18F2N4OS/c1-33-25-29-24-28-21-17-7-3-5-9-19(17)32-23(16-6-2-4-8-18(16)27)20(21)22(31(24)30-25)14-10-12-15(26)13-11-14/h2-13,22-23H,1H3,(H,28,29,30)/t22-,23+/m0/s1. The average molecular weight is 461 g/mol. The first-order valence-electron chi connectivity index (χ1n) is 10.4. The Kier molecular flexibility index (Phi) is 4.69. The highest BCUT2D eigenvalue weighted by molar-refractivity contribution is 7.98. The molecular formula is C25H18F2N4OS. The van der Waals surface area contributed by atoms with Gasteiger partial charge in [0.05, 0.1) is 5.70 Å². The molecule has 1 aromatic heterocycles. The normalized spacial score (nSPS) is 18.6. The molecule has 0 saturated heterocycles. The number of aromatic nitrogens is 3. The number of para-hydroxylation sites is 1. The lowest BCUT2D eigenvalue weighted by Gasteiger charge is -2.38. The molecule has 2 aliphatic rings. The Morgan fingerprint density at radius 2 is 1.73 bits per heavy atom. The molecule has 6 rings (SSSR count). The fourth-order valence-electron chi connectivity index (χ4n) is 4.46. The first kappa shape index (κ1) is 20.0. The molecule has 4 aromatic rings. The monoisotopic (exact) mass is 460 g/mol. The number of hydrogen-bond acceptors (Lipinski definition) is 5. The molecule has 2 atom stereocenters. The minimum absolute atomic E-state index is 0.332. The number of rotatable bonds is 3. The van der Waals surface area contributed by atoms with Gasteiger partial charge in [-0.1, -0.05) is 54.2 Å². The van der Waals surface area contributed by atoms with Crippen molar-refractivity contribution in [2.24, 2.45) is 0 Å². The summed E-state index contributed by atoms with van der Waals surface area (Å²) in [7, 11) is 0. The third kappa shape index (κ3) is 3.21. The molecule has 5 nitrogen and oxygen atoms in total. The molecule has 2 aliphatic heterocycles. The summed E-state index contributed by atoms with van der Waals surface area (Å²) in [5, 5.41) is 8.69. The van der Waals surface area contributed by atoms with Crippen molar-refractivity contribution in [3.05, 3.63) is 107 Å². The molecular weight excluding hydrogens is 442 g/mol. The molecule has 0 bridgehead atoms. The largest absolute Gasteiger partial charge is 0.480 e. The van der Waals surface area contributed by atoms with Gasteiger partial charge in [0.15, 0.2) is 6.10 Å². The first-order chi connectivity index (χ1) is 16.1. The van der Waals surface area contributed by atoms with Crippen molar-refractivity contribution in [2.75, 3.05) is 11.6 Å². The zero-order valence-electron chi connectivity index (χ0n) is 17.5. The Balaban J connectivity index is 1.65. The minimum atomic E-state index is -0.714. The van der Waals surface area contributed by atoms with E-state index in [4.69, 9.17) is 4.74 Å². The molecule has 0 saturated carbocycles. The summed E-state index contributed by atoms with van der Waals surface area (Å²) >= 11 is 1.43. The number of halogens is 2. The van der Waals surface area contributed by atoms with Gasteiger partial charge in [0.2, 0.25) is 11.1 Å². The van der Waals surface area contributed by atoms with Crippen LogP contribution >= 0.6 is 11.8 Å². The van der Waals surface area contributed by atoms with Crippen LogP contribution in [0.3, 0.4) is 0 Å². The molecule has 0 unspecified atom stereocenters. The summed E-state index contributed by atoms with van der Waals surface area (Å²) in [5.74, 6) is 0.520. The van der Waals surface area contributed by atoms with Crippen LogP contribution in [0.4, 0.5) is 14.7 Å². The van der Waals surface area contributed by atoms with Crippen LogP contribution in [0.25, 0.3) is 5.70 Å². The van der Waals surface area contributed by atoms with Crippen molar-refractivity contribution in [2.45, 2.75) is 17.3 Å². The van der Waals surface area contributed by atoms with Crippen molar-refractivity contribution in [1.82, 2.24) is 14.8 Å². The molecule has 8 heteroatoms.